The number of nitrogens with zero attached hydrogens (tertiary/aromatic N) is 6. The molecule has 0 fully saturated rings. The van der Waals surface area contributed by atoms with Gasteiger partial charge in [-0.05, 0) is 134 Å². The predicted octanol–water partition coefficient (Wildman–Crippen LogP) is 19.2. The van der Waals surface area contributed by atoms with E-state index in [1.54, 1.807) is 10.8 Å². The smallest absolute Gasteiger partial charge is 0.242 e. The van der Waals surface area contributed by atoms with Crippen molar-refractivity contribution in [1.29, 1.82) is 0 Å². The number of hydrogen-bond donors (Lipinski definition) is 0. The molecule has 14 rings (SSSR count). The number of aromatic nitrogens is 6. The fraction of sp³-hybridized carbons (Fsp3) is 0.221. The Morgan fingerprint density at radius 3 is 1.44 bits per heavy atom. The van der Waals surface area contributed by atoms with Crippen molar-refractivity contribution in [3.8, 4) is 45.5 Å². The van der Waals surface area contributed by atoms with Crippen molar-refractivity contribution in [3.63, 3.8) is 0 Å². The minimum absolute atomic E-state index is 0. The van der Waals surface area contributed by atoms with E-state index in [0.717, 1.165) is 93.7 Å². The maximum Gasteiger partial charge on any atom is 0.242 e. The Morgan fingerprint density at radius 2 is 0.918 bits per heavy atom. The second kappa shape index (κ2) is 20.1. The summed E-state index contributed by atoms with van der Waals surface area (Å²) in [6.07, 6.45) is 5.17. The summed E-state index contributed by atoms with van der Waals surface area (Å²) < 4.78 is 44.8. The molecule has 0 spiro atoms. The third-order valence-corrected chi connectivity index (χ3v) is 17.1. The van der Waals surface area contributed by atoms with Crippen LogP contribution in [-0.4, -0.2) is 23.3 Å². The topological polar surface area (TPSA) is 45.7 Å². The summed E-state index contributed by atoms with van der Waals surface area (Å²) in [6.45, 7) is 24.6. The molecule has 0 saturated carbocycles. The first-order chi connectivity index (χ1) is 41.3. The third kappa shape index (κ3) is 9.29. The summed E-state index contributed by atoms with van der Waals surface area (Å²) in [5.41, 5.74) is 15.7. The van der Waals surface area contributed by atoms with Gasteiger partial charge in [0, 0.05) is 71.4 Å². The van der Waals surface area contributed by atoms with Crippen LogP contribution in [0.25, 0.3) is 110 Å². The minimum Gasteiger partial charge on any atom is -0.510 e. The van der Waals surface area contributed by atoms with Crippen molar-refractivity contribution in [2.45, 2.75) is 105 Å². The summed E-state index contributed by atoms with van der Waals surface area (Å²) >= 11 is 0. The van der Waals surface area contributed by atoms with E-state index in [1.807, 2.05) is 66.7 Å². The Kier molecular flexibility index (Phi) is 12.3. The summed E-state index contributed by atoms with van der Waals surface area (Å²) in [7, 11) is 0. The molecule has 9 aromatic carbocycles. The number of imidazole rings is 1. The van der Waals surface area contributed by atoms with Crippen LogP contribution in [0.3, 0.4) is 0 Å². The molecule has 0 amide bonds. The van der Waals surface area contributed by atoms with Crippen LogP contribution in [0.5, 0.6) is 11.5 Å². The van der Waals surface area contributed by atoms with Crippen molar-refractivity contribution >= 4 is 76.5 Å². The SMILES string of the molecule is [2H]C([2H])([2H])[n+]1[c-]n(-c2[c-]c(Oc3[c-]c4c(cc3)c3ccccc3n4-c3ccccn3)ccc2)c2cccc(-c3c(-n4c5ccc(C(C)(C)C)cc5c5cc(C(C)(C)C)ccc54)cccc3-n3c4ccc(C(C)(C)C)cc4c4cc(C(C)(C)C)ccc43)c21.[Pt]. The van der Waals surface area contributed by atoms with Gasteiger partial charge in [-0.2, -0.15) is 18.2 Å². The Labute approximate surface area is 517 Å². The quantitative estimate of drug-likeness (QED) is 0.118. The number of fused-ring (bicyclic) bond motifs is 10. The molecule has 0 saturated heterocycles. The molecular weight excluding hydrogens is 1220 g/mol. The Hall–Kier alpha value is -8.51. The molecule has 85 heavy (non-hydrogen) atoms. The zero-order valence-electron chi connectivity index (χ0n) is 53.3. The summed E-state index contributed by atoms with van der Waals surface area (Å²) in [5, 5.41) is 6.73. The number of benzene rings is 9. The first-order valence-electron chi connectivity index (χ1n) is 30.7. The molecule has 0 atom stereocenters. The van der Waals surface area contributed by atoms with Gasteiger partial charge < -0.3 is 27.6 Å². The van der Waals surface area contributed by atoms with Gasteiger partial charge in [-0.15, -0.1) is 29.7 Å². The van der Waals surface area contributed by atoms with E-state index in [-0.39, 0.29) is 42.7 Å². The first-order valence-corrected chi connectivity index (χ1v) is 29.2. The molecule has 8 heteroatoms. The molecule has 5 heterocycles. The fourth-order valence-electron chi connectivity index (χ4n) is 12.5. The fourth-order valence-corrected chi connectivity index (χ4v) is 12.5. The molecule has 7 nitrogen and oxygen atoms in total. The van der Waals surface area contributed by atoms with E-state index in [2.05, 4.69) is 231 Å². The molecule has 0 radical (unpaired) electrons. The maximum atomic E-state index is 9.36. The van der Waals surface area contributed by atoms with Crippen molar-refractivity contribution < 1.29 is 34.5 Å². The van der Waals surface area contributed by atoms with Crippen LogP contribution in [0.15, 0.2) is 188 Å². The van der Waals surface area contributed by atoms with Crippen LogP contribution in [0.4, 0.5) is 0 Å². The van der Waals surface area contributed by atoms with Gasteiger partial charge in [0.2, 0.25) is 6.33 Å². The molecule has 14 aromatic rings. The van der Waals surface area contributed by atoms with E-state index in [1.165, 1.54) is 26.8 Å². The predicted molar refractivity (Wildman–Crippen MR) is 349 cm³/mol. The largest absolute Gasteiger partial charge is 0.510 e. The summed E-state index contributed by atoms with van der Waals surface area (Å²) in [5.74, 6) is 1.69. The van der Waals surface area contributed by atoms with E-state index in [9.17, 15) is 4.11 Å². The van der Waals surface area contributed by atoms with Gasteiger partial charge in [0.05, 0.1) is 55.6 Å². The minimum atomic E-state index is -2.67. The van der Waals surface area contributed by atoms with Gasteiger partial charge in [-0.1, -0.05) is 167 Å². The third-order valence-electron chi connectivity index (χ3n) is 17.1. The number of hydrogen-bond acceptors (Lipinski definition) is 2. The maximum absolute atomic E-state index is 9.36. The van der Waals surface area contributed by atoms with Crippen molar-refractivity contribution in [1.82, 2.24) is 23.3 Å². The van der Waals surface area contributed by atoms with Gasteiger partial charge >= 0.3 is 0 Å². The molecule has 5 aromatic heterocycles. The Bertz CT molecular complexity index is 4800. The number of para-hydroxylation sites is 2. The Balaban J connectivity index is 0.00000714. The molecule has 0 N–H and O–H groups in total. The molecule has 0 unspecified atom stereocenters. The van der Waals surface area contributed by atoms with Crippen molar-refractivity contribution in [2.75, 3.05) is 0 Å². The van der Waals surface area contributed by atoms with Crippen LogP contribution in [-0.2, 0) is 49.7 Å². The van der Waals surface area contributed by atoms with Gasteiger partial charge in [-0.3, -0.25) is 0 Å². The first kappa shape index (κ1) is 52.1. The number of aryl methyl sites for hydroxylation is 1. The molecular formula is C77H70N6OPt-2. The molecule has 0 bridgehead atoms. The van der Waals surface area contributed by atoms with Crippen LogP contribution < -0.4 is 9.30 Å². The van der Waals surface area contributed by atoms with Crippen LogP contribution in [0, 0.1) is 18.5 Å². The molecule has 0 aliphatic heterocycles. The van der Waals surface area contributed by atoms with Crippen LogP contribution in [0.1, 0.15) is 109 Å². The normalized spacial score (nSPS) is 13.3. The zero-order valence-corrected chi connectivity index (χ0v) is 52.6. The molecule has 426 valence electrons. The van der Waals surface area contributed by atoms with Crippen molar-refractivity contribution in [2.24, 2.45) is 6.98 Å². The van der Waals surface area contributed by atoms with Crippen LogP contribution >= 0.6 is 0 Å². The van der Waals surface area contributed by atoms with Gasteiger partial charge in [0.1, 0.15) is 5.82 Å². The van der Waals surface area contributed by atoms with E-state index in [0.29, 0.717) is 28.2 Å². The molecule has 0 aliphatic rings. The second-order valence-corrected chi connectivity index (χ2v) is 26.8. The Morgan fingerprint density at radius 1 is 0.435 bits per heavy atom. The number of ether oxygens (including phenoxy) is 1. The van der Waals surface area contributed by atoms with E-state index < -0.39 is 6.98 Å². The summed E-state index contributed by atoms with van der Waals surface area (Å²) in [4.78, 5) is 4.72. The average Bonchev–Trinajstić information content (AvgIpc) is 1.60. The van der Waals surface area contributed by atoms with Gasteiger partial charge in [0.25, 0.3) is 0 Å². The van der Waals surface area contributed by atoms with E-state index in [4.69, 9.17) is 9.72 Å². The summed E-state index contributed by atoms with van der Waals surface area (Å²) in [6, 6.07) is 71.2. The molecule has 0 aliphatic carbocycles. The van der Waals surface area contributed by atoms with Gasteiger partial charge in [0.15, 0.2) is 0 Å². The zero-order chi connectivity index (χ0) is 60.9. The average molecular weight is 1290 g/mol. The standard InChI is InChI=1S/C77H70N6O.Pt/c1-74(2,3)48-30-36-63-58(41-48)59-42-49(75(4,5)6)31-37-64(59)81(63)67-26-20-27-68(82-65-38-32-50(76(7,8)9)43-60(65)61-44-51(77(10,11)12)33-39-66(61)82)72(67)57-24-19-28-69-73(57)79(13)47-80(69)52-21-18-22-53(45-52)84-54-34-35-56-55-23-14-15-25-62(55)83(70(56)46-54)71-29-16-17-40-78-71;/h14-44H,1-13H3;/q-2;/i13D3;. The second-order valence-electron chi connectivity index (χ2n) is 26.8. The van der Waals surface area contributed by atoms with Gasteiger partial charge in [-0.25, -0.2) is 4.98 Å². The van der Waals surface area contributed by atoms with Crippen LogP contribution in [0.2, 0.25) is 0 Å². The monoisotopic (exact) mass is 1290 g/mol. The van der Waals surface area contributed by atoms with Crippen molar-refractivity contribution in [3.05, 3.63) is 229 Å². The number of pyridine rings is 1. The van der Waals surface area contributed by atoms with E-state index >= 15 is 0 Å². The number of rotatable bonds is 7.